The largest absolute Gasteiger partial charge is 0.427 e. The molecule has 53 heavy (non-hydrogen) atoms. The minimum atomic E-state index is -1.84. The standard InChI is InChI=1S/C33H56O20/c34-8-18-21(38)24(41)27(44)31(51-18)47-9-19-22(39)25(42)28(45)32(52-19)48-10-20-23(40)26(43)29(46)33(53-20)50-17-7-14-15(37)5-13(36)6-16(14)49-30(17)11-1-3-12(35)4-2-11/h11-46H,1-10H2/p+1/t11?,12?,13?,14?,15?,16?,17?,18-,19-,20-,21-,22-,23-,24-,25-,26-,27+,28+,29-,30?,31+,32+,33-/m0/s1. The second-order valence-corrected chi connectivity index (χ2v) is 15.4. The number of aliphatic hydroxyl groups excluding tert-OH is 13. The van der Waals surface area contributed by atoms with Crippen LogP contribution in [0.5, 0.6) is 0 Å². The lowest BCUT2D eigenvalue weighted by Gasteiger charge is -2.48. The molecule has 20 nitrogen and oxygen atoms in total. The van der Waals surface area contributed by atoms with Gasteiger partial charge in [0.15, 0.2) is 31.1 Å². The Labute approximate surface area is 305 Å². The quantitative estimate of drug-likeness (QED) is 0.0918. The predicted molar refractivity (Wildman–Crippen MR) is 171 cm³/mol. The molecule has 4 heterocycles. The summed E-state index contributed by atoms with van der Waals surface area (Å²) >= 11 is 0. The summed E-state index contributed by atoms with van der Waals surface area (Å²) in [4.78, 5) is 0. The highest BCUT2D eigenvalue weighted by molar-refractivity contribution is 4.98. The van der Waals surface area contributed by atoms with Gasteiger partial charge in [-0.1, -0.05) is 0 Å². The Morgan fingerprint density at radius 2 is 1.00 bits per heavy atom. The second kappa shape index (κ2) is 17.8. The highest BCUT2D eigenvalue weighted by Crippen LogP contribution is 2.42. The molecule has 2 aliphatic carbocycles. The summed E-state index contributed by atoms with van der Waals surface area (Å²) in [5.74, 6) is -0.339. The van der Waals surface area contributed by atoms with E-state index in [-0.39, 0.29) is 24.4 Å². The Morgan fingerprint density at radius 1 is 0.509 bits per heavy atom. The highest BCUT2D eigenvalue weighted by Gasteiger charge is 2.55. The lowest BCUT2D eigenvalue weighted by Crippen LogP contribution is -2.64. The smallest absolute Gasteiger partial charge is 0.187 e. The van der Waals surface area contributed by atoms with E-state index >= 15 is 0 Å². The van der Waals surface area contributed by atoms with Crippen molar-refractivity contribution in [2.45, 2.75) is 174 Å². The average Bonchev–Trinajstić information content (AvgIpc) is 3.13. The molecule has 20 heteroatoms. The van der Waals surface area contributed by atoms with Crippen molar-refractivity contribution < 1.29 is 99.5 Å². The molecule has 2 saturated carbocycles. The van der Waals surface area contributed by atoms with Crippen LogP contribution in [0, 0.1) is 11.8 Å². The van der Waals surface area contributed by atoms with E-state index in [4.69, 9.17) is 33.2 Å². The van der Waals surface area contributed by atoms with E-state index in [9.17, 15) is 66.4 Å². The van der Waals surface area contributed by atoms with Gasteiger partial charge < -0.3 is 99.5 Å². The van der Waals surface area contributed by atoms with Gasteiger partial charge in [0.1, 0.15) is 79.4 Å². The molecule has 308 valence electrons. The molecule has 4 saturated heterocycles. The first-order valence-electron chi connectivity index (χ1n) is 18.5. The van der Waals surface area contributed by atoms with Crippen LogP contribution in [0.3, 0.4) is 0 Å². The van der Waals surface area contributed by atoms with Crippen molar-refractivity contribution >= 4 is 0 Å². The molecule has 14 N–H and O–H groups in total. The Balaban J connectivity index is 1.09. The molecule has 6 rings (SSSR count). The summed E-state index contributed by atoms with van der Waals surface area (Å²) < 4.78 is 39.3. The van der Waals surface area contributed by atoms with Crippen LogP contribution in [0.4, 0.5) is 0 Å². The summed E-state index contributed by atoms with van der Waals surface area (Å²) in [5.41, 5.74) is 0. The molecule has 0 amide bonds. The molecule has 0 aromatic rings. The number of hydrogen-bond acceptors (Lipinski definition) is 19. The lowest BCUT2D eigenvalue weighted by atomic mass is 9.73. The van der Waals surface area contributed by atoms with Crippen LogP contribution in [0.15, 0.2) is 0 Å². The van der Waals surface area contributed by atoms with E-state index in [1.165, 1.54) is 0 Å². The molecular weight excluding hydrogens is 716 g/mol. The van der Waals surface area contributed by atoms with Crippen LogP contribution in [0.25, 0.3) is 0 Å². The monoisotopic (exact) mass is 773 g/mol. The zero-order chi connectivity index (χ0) is 38.3. The van der Waals surface area contributed by atoms with Crippen molar-refractivity contribution in [2.24, 2.45) is 11.8 Å². The zero-order valence-corrected chi connectivity index (χ0v) is 29.1. The summed E-state index contributed by atoms with van der Waals surface area (Å²) in [7, 11) is 0. The summed E-state index contributed by atoms with van der Waals surface area (Å²) in [6.45, 7) is -1.89. The zero-order valence-electron chi connectivity index (χ0n) is 29.1. The van der Waals surface area contributed by atoms with Crippen molar-refractivity contribution in [3.63, 3.8) is 0 Å². The Kier molecular flexibility index (Phi) is 14.0. The molecule has 6 fully saturated rings. The summed E-state index contributed by atoms with van der Waals surface area (Å²) in [6, 6.07) is 0. The topological polar surface area (TPSA) is 331 Å². The maximum absolute atomic E-state index is 11.0. The van der Waals surface area contributed by atoms with Crippen LogP contribution < -0.4 is 0 Å². The maximum atomic E-state index is 11.0. The third-order valence-electron chi connectivity index (χ3n) is 11.8. The van der Waals surface area contributed by atoms with Gasteiger partial charge in [-0.25, -0.2) is 0 Å². The van der Waals surface area contributed by atoms with Gasteiger partial charge in [0.05, 0.1) is 44.1 Å². The number of hydrogen-bond donors (Lipinski definition) is 13. The van der Waals surface area contributed by atoms with Crippen LogP contribution in [0.2, 0.25) is 0 Å². The second-order valence-electron chi connectivity index (χ2n) is 15.4. The number of fused-ring (bicyclic) bond motifs is 1. The van der Waals surface area contributed by atoms with Crippen molar-refractivity contribution in [3.05, 3.63) is 0 Å². The van der Waals surface area contributed by atoms with Crippen LogP contribution in [-0.2, 0) is 28.4 Å². The first-order valence-corrected chi connectivity index (χ1v) is 18.5. The third kappa shape index (κ3) is 9.02. The van der Waals surface area contributed by atoms with E-state index in [1.54, 1.807) is 0 Å². The predicted octanol–water partition coefficient (Wildman–Crippen LogP) is -6.83. The van der Waals surface area contributed by atoms with Crippen molar-refractivity contribution in [2.75, 3.05) is 19.8 Å². The molecular formula is C33H57O20+. The van der Waals surface area contributed by atoms with Crippen molar-refractivity contribution in [1.82, 2.24) is 0 Å². The molecule has 0 aromatic carbocycles. The number of rotatable bonds is 10. The molecule has 0 spiro atoms. The van der Waals surface area contributed by atoms with Gasteiger partial charge in [-0.3, -0.25) is 0 Å². The van der Waals surface area contributed by atoms with Gasteiger partial charge in [0, 0.05) is 18.8 Å². The number of ether oxygens (including phenoxy) is 7. The van der Waals surface area contributed by atoms with Gasteiger partial charge in [-0.2, -0.15) is 0 Å². The molecule has 0 aromatic heterocycles. The average molecular weight is 774 g/mol. The van der Waals surface area contributed by atoms with Crippen LogP contribution in [-0.4, -0.2) is 220 Å². The number of aliphatic hydroxyl groups is 15. The van der Waals surface area contributed by atoms with Gasteiger partial charge in [-0.05, 0) is 32.1 Å². The first-order chi connectivity index (χ1) is 25.2. The molecule has 4 aliphatic heterocycles. The van der Waals surface area contributed by atoms with E-state index in [0.717, 1.165) is 0 Å². The molecule has 6 aliphatic rings. The lowest BCUT2D eigenvalue weighted by molar-refractivity contribution is -0.363. The minimum Gasteiger partial charge on any atom is -0.427 e. The van der Waals surface area contributed by atoms with Gasteiger partial charge >= 0.3 is 0 Å². The molecule has 0 bridgehead atoms. The van der Waals surface area contributed by atoms with E-state index in [1.807, 2.05) is 0 Å². The molecule has 21 atom stereocenters. The van der Waals surface area contributed by atoms with Crippen molar-refractivity contribution in [1.29, 1.82) is 0 Å². The molecule has 6 unspecified atom stereocenters. The minimum absolute atomic E-state index is 0.000267. The van der Waals surface area contributed by atoms with Crippen LogP contribution >= 0.6 is 0 Å². The summed E-state index contributed by atoms with van der Waals surface area (Å²) in [6.07, 6.45) is -24.7. The van der Waals surface area contributed by atoms with E-state index in [2.05, 4.69) is 0 Å². The van der Waals surface area contributed by atoms with Gasteiger partial charge in [0.25, 0.3) is 0 Å². The molecule has 0 radical (unpaired) electrons. The fraction of sp³-hybridized carbons (Fsp3) is 1.00. The van der Waals surface area contributed by atoms with Gasteiger partial charge in [-0.15, -0.1) is 0 Å². The first kappa shape index (κ1) is 41.8. The normalized spacial score (nSPS) is 53.9. The fourth-order valence-electron chi connectivity index (χ4n) is 8.59. The Hall–Kier alpha value is -0.800. The van der Waals surface area contributed by atoms with E-state index < -0.39 is 142 Å². The fourth-order valence-corrected chi connectivity index (χ4v) is 8.59. The van der Waals surface area contributed by atoms with E-state index in [0.29, 0.717) is 38.5 Å². The Bertz CT molecular complexity index is 1150. The Morgan fingerprint density at radius 3 is 1.55 bits per heavy atom. The third-order valence-corrected chi connectivity index (χ3v) is 11.8. The van der Waals surface area contributed by atoms with Gasteiger partial charge in [0.2, 0.25) is 0 Å². The summed E-state index contributed by atoms with van der Waals surface area (Å²) in [5, 5.41) is 135. The van der Waals surface area contributed by atoms with Crippen LogP contribution in [0.1, 0.15) is 44.9 Å². The SMILES string of the molecule is OC[C@@H]1O[C@@H](OC[C@@H]2O[C@@H](OC[C@@H]3O[C@H](OC4CC5C(O)CC(O)CC5[OH+]C4C4CCC(O)CC4)[C@@H](O)[C@@H](O)[C@H]3O)[C@H](O)[C@@H](O)[C@H]2O)[C@H](O)[C@@H](O)[C@H]1O. The maximum Gasteiger partial charge on any atom is 0.187 e. The van der Waals surface area contributed by atoms with Crippen molar-refractivity contribution in [3.8, 4) is 0 Å². The highest BCUT2D eigenvalue weighted by atomic mass is 16.7.